The van der Waals surface area contributed by atoms with E-state index in [4.69, 9.17) is 4.74 Å². The number of piperazine rings is 1. The van der Waals surface area contributed by atoms with E-state index in [1.54, 1.807) is 12.1 Å². The van der Waals surface area contributed by atoms with Crippen LogP contribution in [-0.2, 0) is 39.8 Å². The third-order valence-corrected chi connectivity index (χ3v) is 6.47. The summed E-state index contributed by atoms with van der Waals surface area (Å²) in [6.07, 6.45) is -12.1. The predicted molar refractivity (Wildman–Crippen MR) is 120 cm³/mol. The molecule has 2 aliphatic rings. The van der Waals surface area contributed by atoms with Crippen molar-refractivity contribution in [3.63, 3.8) is 0 Å². The molecule has 2 aromatic carbocycles. The summed E-state index contributed by atoms with van der Waals surface area (Å²) in [5.41, 5.74) is -2.72. The van der Waals surface area contributed by atoms with Crippen LogP contribution in [0.2, 0.25) is 0 Å². The molecule has 0 aliphatic carbocycles. The van der Waals surface area contributed by atoms with Crippen molar-refractivity contribution in [3.8, 4) is 0 Å². The number of halogens is 6. The van der Waals surface area contributed by atoms with Gasteiger partial charge < -0.3 is 14.5 Å². The van der Waals surface area contributed by atoms with Crippen molar-refractivity contribution in [2.45, 2.75) is 51.1 Å². The maximum atomic E-state index is 13.2. The zero-order valence-corrected chi connectivity index (χ0v) is 20.1. The highest BCUT2D eigenvalue weighted by molar-refractivity contribution is 5.90. The Balaban J connectivity index is 1.53. The SMILES string of the molecule is C[C@H]1C(=O)N(Cc2ccccc2)C[C@@H]2N(C(=O)OCc3cc(C(F)(F)F)cc(C(F)(F)F)c3)CCC(=O)N21. The summed E-state index contributed by atoms with van der Waals surface area (Å²) in [4.78, 5) is 42.5. The second kappa shape index (κ2) is 10.2. The monoisotopic (exact) mass is 543 g/mol. The lowest BCUT2D eigenvalue weighted by atomic mass is 10.0. The summed E-state index contributed by atoms with van der Waals surface area (Å²) in [5.74, 6) is -0.677. The summed E-state index contributed by atoms with van der Waals surface area (Å²) in [6.45, 7) is 0.762. The van der Waals surface area contributed by atoms with Crippen LogP contribution in [-0.4, -0.2) is 57.9 Å². The van der Waals surface area contributed by atoms with Gasteiger partial charge in [0, 0.05) is 19.5 Å². The Morgan fingerprint density at radius 2 is 1.55 bits per heavy atom. The average Bonchev–Trinajstić information content (AvgIpc) is 2.85. The van der Waals surface area contributed by atoms with Crippen LogP contribution in [0.15, 0.2) is 48.5 Å². The highest BCUT2D eigenvalue weighted by atomic mass is 19.4. The lowest BCUT2D eigenvalue weighted by Crippen LogP contribution is -2.70. The molecule has 0 unspecified atom stereocenters. The first kappa shape index (κ1) is 27.3. The van der Waals surface area contributed by atoms with Gasteiger partial charge in [-0.3, -0.25) is 14.5 Å². The maximum absolute atomic E-state index is 13.2. The minimum absolute atomic E-state index is 0.0127. The van der Waals surface area contributed by atoms with Crippen LogP contribution >= 0.6 is 0 Å². The number of benzene rings is 2. The zero-order chi connectivity index (χ0) is 27.8. The molecule has 2 saturated heterocycles. The minimum Gasteiger partial charge on any atom is -0.444 e. The molecule has 2 aromatic rings. The Hall–Kier alpha value is -3.77. The highest BCUT2D eigenvalue weighted by Crippen LogP contribution is 2.36. The van der Waals surface area contributed by atoms with E-state index in [1.807, 2.05) is 18.2 Å². The van der Waals surface area contributed by atoms with E-state index in [2.05, 4.69) is 0 Å². The zero-order valence-electron chi connectivity index (χ0n) is 20.1. The van der Waals surface area contributed by atoms with Crippen molar-refractivity contribution in [2.24, 2.45) is 0 Å². The largest absolute Gasteiger partial charge is 0.444 e. The summed E-state index contributed by atoms with van der Waals surface area (Å²) >= 11 is 0. The normalized spacial score (nSPS) is 20.4. The molecule has 0 N–H and O–H groups in total. The smallest absolute Gasteiger partial charge is 0.416 e. The molecule has 4 rings (SSSR count). The van der Waals surface area contributed by atoms with Crippen molar-refractivity contribution in [3.05, 3.63) is 70.8 Å². The molecule has 0 bridgehead atoms. The number of hydrogen-bond acceptors (Lipinski definition) is 4. The Morgan fingerprint density at radius 3 is 2.13 bits per heavy atom. The number of alkyl halides is 6. The van der Waals surface area contributed by atoms with Gasteiger partial charge in [0.15, 0.2) is 0 Å². The van der Waals surface area contributed by atoms with E-state index in [0.717, 1.165) is 5.56 Å². The van der Waals surface area contributed by atoms with Crippen LogP contribution in [0, 0.1) is 0 Å². The van der Waals surface area contributed by atoms with Crippen molar-refractivity contribution >= 4 is 17.9 Å². The number of nitrogens with zero attached hydrogens (tertiary/aromatic N) is 3. The van der Waals surface area contributed by atoms with Crippen LogP contribution in [0.3, 0.4) is 0 Å². The molecule has 2 heterocycles. The van der Waals surface area contributed by atoms with Gasteiger partial charge in [-0.05, 0) is 36.2 Å². The average molecular weight is 543 g/mol. The standard InChI is InChI=1S/C25H23F6N3O4/c1-15-22(36)32(12-16-5-3-2-4-6-16)13-20-33(8-7-21(35)34(15)20)23(37)38-14-17-9-18(24(26,27)28)11-19(10-17)25(29,30)31/h2-6,9-11,15,20H,7-8,12-14H2,1H3/t15-,20+/m0/s1. The Morgan fingerprint density at radius 1 is 0.947 bits per heavy atom. The molecule has 204 valence electrons. The van der Waals surface area contributed by atoms with Crippen LogP contribution < -0.4 is 0 Å². The molecule has 0 saturated carbocycles. The molecule has 7 nitrogen and oxygen atoms in total. The van der Waals surface area contributed by atoms with Crippen LogP contribution in [0.5, 0.6) is 0 Å². The van der Waals surface area contributed by atoms with E-state index >= 15 is 0 Å². The molecule has 2 aliphatic heterocycles. The minimum atomic E-state index is -5.04. The number of carbonyl (C=O) groups excluding carboxylic acids is 3. The van der Waals surface area contributed by atoms with Crippen LogP contribution in [0.4, 0.5) is 31.1 Å². The van der Waals surface area contributed by atoms with Gasteiger partial charge in [-0.2, -0.15) is 26.3 Å². The Kier molecular flexibility index (Phi) is 7.31. The molecular formula is C25H23F6N3O4. The fraction of sp³-hybridized carbons (Fsp3) is 0.400. The molecule has 2 atom stereocenters. The molecule has 2 fully saturated rings. The van der Waals surface area contributed by atoms with E-state index in [0.29, 0.717) is 12.1 Å². The quantitative estimate of drug-likeness (QED) is 0.527. The topological polar surface area (TPSA) is 70.2 Å². The number of carbonyl (C=O) groups is 3. The van der Waals surface area contributed by atoms with Gasteiger partial charge in [0.2, 0.25) is 11.8 Å². The van der Waals surface area contributed by atoms with Crippen molar-refractivity contribution in [2.75, 3.05) is 13.1 Å². The Labute approximate surface area is 213 Å². The molecule has 38 heavy (non-hydrogen) atoms. The van der Waals surface area contributed by atoms with Gasteiger partial charge in [-0.25, -0.2) is 4.79 Å². The van der Waals surface area contributed by atoms with E-state index in [-0.39, 0.29) is 43.9 Å². The Bertz CT molecular complexity index is 1190. The number of fused-ring (bicyclic) bond motifs is 1. The maximum Gasteiger partial charge on any atom is 0.416 e. The summed E-state index contributed by atoms with van der Waals surface area (Å²) in [6, 6.07) is 9.09. The van der Waals surface area contributed by atoms with Gasteiger partial charge in [-0.15, -0.1) is 0 Å². The van der Waals surface area contributed by atoms with Crippen molar-refractivity contribution < 1.29 is 45.5 Å². The van der Waals surface area contributed by atoms with Crippen LogP contribution in [0.1, 0.15) is 35.6 Å². The van der Waals surface area contributed by atoms with Gasteiger partial charge in [0.1, 0.15) is 18.8 Å². The van der Waals surface area contributed by atoms with Gasteiger partial charge in [-0.1, -0.05) is 30.3 Å². The summed E-state index contributed by atoms with van der Waals surface area (Å²) < 4.78 is 84.1. The number of ether oxygens (including phenoxy) is 1. The number of rotatable bonds is 4. The van der Waals surface area contributed by atoms with E-state index in [9.17, 15) is 40.7 Å². The first-order chi connectivity index (χ1) is 17.8. The molecule has 0 aromatic heterocycles. The second-order valence-corrected chi connectivity index (χ2v) is 9.07. The third kappa shape index (κ3) is 5.70. The molecule has 3 amide bonds. The fourth-order valence-corrected chi connectivity index (χ4v) is 4.63. The number of hydrogen-bond donors (Lipinski definition) is 0. The van der Waals surface area contributed by atoms with Gasteiger partial charge in [0.25, 0.3) is 0 Å². The molecule has 0 spiro atoms. The lowest BCUT2D eigenvalue weighted by Gasteiger charge is -2.51. The van der Waals surface area contributed by atoms with Crippen LogP contribution in [0.25, 0.3) is 0 Å². The summed E-state index contributed by atoms with van der Waals surface area (Å²) in [5, 5.41) is 0. The van der Waals surface area contributed by atoms with Crippen molar-refractivity contribution in [1.82, 2.24) is 14.7 Å². The lowest BCUT2D eigenvalue weighted by molar-refractivity contribution is -0.167. The first-order valence-electron chi connectivity index (χ1n) is 11.6. The third-order valence-electron chi connectivity index (χ3n) is 6.47. The van der Waals surface area contributed by atoms with Gasteiger partial charge >= 0.3 is 18.4 Å². The molecule has 0 radical (unpaired) electrons. The predicted octanol–water partition coefficient (Wildman–Crippen LogP) is 4.65. The summed E-state index contributed by atoms with van der Waals surface area (Å²) in [7, 11) is 0. The van der Waals surface area contributed by atoms with E-state index < -0.39 is 54.0 Å². The number of amides is 3. The first-order valence-corrected chi connectivity index (χ1v) is 11.6. The van der Waals surface area contributed by atoms with Gasteiger partial charge in [0.05, 0.1) is 17.7 Å². The van der Waals surface area contributed by atoms with E-state index in [1.165, 1.54) is 21.6 Å². The fourth-order valence-electron chi connectivity index (χ4n) is 4.63. The molecule has 13 heteroatoms. The second-order valence-electron chi connectivity index (χ2n) is 9.07. The van der Waals surface area contributed by atoms with Crippen molar-refractivity contribution in [1.29, 1.82) is 0 Å². The highest BCUT2D eigenvalue weighted by Gasteiger charge is 2.47. The molecular weight excluding hydrogens is 520 g/mol.